The predicted molar refractivity (Wildman–Crippen MR) is 80.1 cm³/mol. The van der Waals surface area contributed by atoms with Crippen LogP contribution in [0.5, 0.6) is 0 Å². The van der Waals surface area contributed by atoms with E-state index in [4.69, 9.17) is 4.74 Å². The third-order valence-electron chi connectivity index (χ3n) is 2.87. The van der Waals surface area contributed by atoms with E-state index >= 15 is 0 Å². The highest BCUT2D eigenvalue weighted by Gasteiger charge is 2.45. The molecule has 0 radical (unpaired) electrons. The summed E-state index contributed by atoms with van der Waals surface area (Å²) in [5.41, 5.74) is 0.168. The summed E-state index contributed by atoms with van der Waals surface area (Å²) in [5.74, 6) is 0.647. The van der Waals surface area contributed by atoms with Gasteiger partial charge in [0.05, 0.1) is 0 Å². The lowest BCUT2D eigenvalue weighted by Gasteiger charge is -2.20. The molecule has 1 aliphatic heterocycles. The van der Waals surface area contributed by atoms with Crippen molar-refractivity contribution in [2.75, 3.05) is 4.43 Å². The topological polar surface area (TPSA) is 38.7 Å². The van der Waals surface area contributed by atoms with Crippen molar-refractivity contribution < 1.29 is 9.53 Å². The average molecular weight is 357 g/mol. The van der Waals surface area contributed by atoms with Crippen molar-refractivity contribution in [2.45, 2.75) is 25.8 Å². The number of rotatable bonds is 4. The van der Waals surface area contributed by atoms with Gasteiger partial charge in [-0.3, -0.25) is 0 Å². The fourth-order valence-electron chi connectivity index (χ4n) is 2.09. The Bertz CT molecular complexity index is 470. The highest BCUT2D eigenvalue weighted by Crippen LogP contribution is 2.31. The van der Waals surface area contributed by atoms with Crippen LogP contribution in [0, 0.1) is 5.92 Å². The Labute approximate surface area is 121 Å². The van der Waals surface area contributed by atoms with E-state index in [0.29, 0.717) is 16.2 Å². The average Bonchev–Trinajstić information content (AvgIpc) is 2.68. The normalized spacial score (nSPS) is 23.1. The van der Waals surface area contributed by atoms with E-state index in [2.05, 4.69) is 41.4 Å². The van der Waals surface area contributed by atoms with E-state index in [1.165, 1.54) is 0 Å². The molecule has 1 aromatic carbocycles. The van der Waals surface area contributed by atoms with Crippen LogP contribution < -0.4 is 0 Å². The summed E-state index contributed by atoms with van der Waals surface area (Å²) in [6.45, 7) is 4.19. The molecule has 0 aliphatic carbocycles. The van der Waals surface area contributed by atoms with Crippen LogP contribution in [0.4, 0.5) is 0 Å². The lowest BCUT2D eigenvalue weighted by molar-refractivity contribution is -0.138. The van der Waals surface area contributed by atoms with E-state index in [1.807, 2.05) is 30.3 Å². The van der Waals surface area contributed by atoms with Gasteiger partial charge in [0.1, 0.15) is 0 Å². The van der Waals surface area contributed by atoms with Gasteiger partial charge in [-0.05, 0) is 24.5 Å². The number of esters is 1. The SMILES string of the molecule is CC(C)C[C@@]1(CI)N=C(c2ccccc2)OC1=O. The third-order valence-corrected chi connectivity index (χ3v) is 4.13. The number of ether oxygens (including phenoxy) is 1. The molecular weight excluding hydrogens is 341 g/mol. The Balaban J connectivity index is 2.33. The summed E-state index contributed by atoms with van der Waals surface area (Å²) < 4.78 is 6.01. The van der Waals surface area contributed by atoms with Crippen molar-refractivity contribution in [3.05, 3.63) is 35.9 Å². The van der Waals surface area contributed by atoms with Crippen LogP contribution in [0.15, 0.2) is 35.3 Å². The van der Waals surface area contributed by atoms with Crippen LogP contribution in [-0.4, -0.2) is 21.8 Å². The number of halogens is 1. The van der Waals surface area contributed by atoms with Gasteiger partial charge in [-0.2, -0.15) is 0 Å². The summed E-state index contributed by atoms with van der Waals surface area (Å²) in [4.78, 5) is 16.7. The second-order valence-electron chi connectivity index (χ2n) is 4.94. The summed E-state index contributed by atoms with van der Waals surface area (Å²) in [5, 5.41) is 0. The summed E-state index contributed by atoms with van der Waals surface area (Å²) in [6.07, 6.45) is 0.727. The Hall–Kier alpha value is -0.910. The van der Waals surface area contributed by atoms with E-state index in [9.17, 15) is 4.79 Å². The monoisotopic (exact) mass is 357 g/mol. The number of alkyl halides is 1. The zero-order valence-electron chi connectivity index (χ0n) is 10.5. The maximum Gasteiger partial charge on any atom is 0.341 e. The zero-order valence-corrected chi connectivity index (χ0v) is 12.7. The number of hydrogen-bond acceptors (Lipinski definition) is 3. The molecule has 2 rings (SSSR count). The number of benzene rings is 1. The van der Waals surface area contributed by atoms with Crippen molar-refractivity contribution >= 4 is 34.5 Å². The van der Waals surface area contributed by atoms with Crippen molar-refractivity contribution in [2.24, 2.45) is 10.9 Å². The molecule has 0 spiro atoms. The largest absolute Gasteiger partial charge is 0.405 e. The second kappa shape index (κ2) is 5.38. The highest BCUT2D eigenvalue weighted by atomic mass is 127. The fraction of sp³-hybridized carbons (Fsp3) is 0.429. The standard InChI is InChI=1S/C14H16INO2/c1-10(2)8-14(9-15)13(17)18-12(16-14)11-6-4-3-5-7-11/h3-7,10H,8-9H2,1-2H3/t14-/m0/s1. The van der Waals surface area contributed by atoms with Crippen molar-refractivity contribution in [1.29, 1.82) is 0 Å². The van der Waals surface area contributed by atoms with Crippen LogP contribution in [0.25, 0.3) is 0 Å². The zero-order chi connectivity index (χ0) is 13.2. The molecule has 0 fully saturated rings. The maximum atomic E-state index is 12.1. The van der Waals surface area contributed by atoms with E-state index in [0.717, 1.165) is 12.0 Å². The minimum atomic E-state index is -0.695. The first-order valence-corrected chi connectivity index (χ1v) is 7.53. The Morgan fingerprint density at radius 3 is 2.56 bits per heavy atom. The Morgan fingerprint density at radius 2 is 2.00 bits per heavy atom. The molecule has 0 N–H and O–H groups in total. The van der Waals surface area contributed by atoms with Crippen LogP contribution >= 0.6 is 22.6 Å². The van der Waals surface area contributed by atoms with Gasteiger partial charge >= 0.3 is 5.97 Å². The van der Waals surface area contributed by atoms with Crippen molar-refractivity contribution in [1.82, 2.24) is 0 Å². The van der Waals surface area contributed by atoms with Gasteiger partial charge in [0.15, 0.2) is 5.54 Å². The van der Waals surface area contributed by atoms with Gasteiger partial charge < -0.3 is 4.74 Å². The van der Waals surface area contributed by atoms with Gasteiger partial charge in [-0.25, -0.2) is 9.79 Å². The molecule has 3 nitrogen and oxygen atoms in total. The van der Waals surface area contributed by atoms with Gasteiger partial charge in [-0.15, -0.1) is 0 Å². The molecule has 0 unspecified atom stereocenters. The van der Waals surface area contributed by atoms with Crippen LogP contribution in [0.1, 0.15) is 25.8 Å². The molecule has 0 saturated carbocycles. The molecular formula is C14H16INO2. The van der Waals surface area contributed by atoms with Crippen molar-refractivity contribution in [3.63, 3.8) is 0 Å². The molecule has 96 valence electrons. The Kier molecular flexibility index (Phi) is 4.04. The van der Waals surface area contributed by atoms with Gasteiger partial charge in [0, 0.05) is 9.99 Å². The number of nitrogens with zero attached hydrogens (tertiary/aromatic N) is 1. The van der Waals surface area contributed by atoms with Crippen LogP contribution in [0.2, 0.25) is 0 Å². The third kappa shape index (κ3) is 2.58. The molecule has 18 heavy (non-hydrogen) atoms. The first kappa shape index (κ1) is 13.5. The molecule has 4 heteroatoms. The maximum absolute atomic E-state index is 12.1. The number of aliphatic imine (C=N–C) groups is 1. The quantitative estimate of drug-likeness (QED) is 0.472. The summed E-state index contributed by atoms with van der Waals surface area (Å²) in [6, 6.07) is 9.58. The molecule has 1 aliphatic rings. The molecule has 0 aromatic heterocycles. The number of carbonyl (C=O) groups excluding carboxylic acids is 1. The molecule has 1 atom stereocenters. The fourth-order valence-corrected chi connectivity index (χ4v) is 2.89. The first-order valence-electron chi connectivity index (χ1n) is 6.01. The molecule has 0 bridgehead atoms. The summed E-state index contributed by atoms with van der Waals surface area (Å²) >= 11 is 2.21. The lowest BCUT2D eigenvalue weighted by atomic mass is 9.92. The van der Waals surface area contributed by atoms with Gasteiger partial charge in [-0.1, -0.05) is 54.6 Å². The minimum absolute atomic E-state index is 0.218. The summed E-state index contributed by atoms with van der Waals surface area (Å²) in [7, 11) is 0. The number of cyclic esters (lactones) is 1. The first-order chi connectivity index (χ1) is 8.57. The Morgan fingerprint density at radius 1 is 1.33 bits per heavy atom. The molecule has 0 amide bonds. The number of hydrogen-bond donors (Lipinski definition) is 0. The van der Waals surface area contributed by atoms with E-state index in [1.54, 1.807) is 0 Å². The molecule has 1 aromatic rings. The molecule has 0 saturated heterocycles. The predicted octanol–water partition coefficient (Wildman–Crippen LogP) is 3.21. The molecule has 1 heterocycles. The highest BCUT2D eigenvalue weighted by molar-refractivity contribution is 14.1. The lowest BCUT2D eigenvalue weighted by Crippen LogP contribution is -2.37. The number of carbonyl (C=O) groups is 1. The van der Waals surface area contributed by atoms with Gasteiger partial charge in [0.25, 0.3) is 0 Å². The van der Waals surface area contributed by atoms with E-state index < -0.39 is 5.54 Å². The van der Waals surface area contributed by atoms with E-state index in [-0.39, 0.29) is 5.97 Å². The smallest absolute Gasteiger partial charge is 0.341 e. The van der Waals surface area contributed by atoms with Crippen LogP contribution in [-0.2, 0) is 9.53 Å². The second-order valence-corrected chi connectivity index (χ2v) is 5.70. The van der Waals surface area contributed by atoms with Crippen molar-refractivity contribution in [3.8, 4) is 0 Å². The minimum Gasteiger partial charge on any atom is -0.405 e. The van der Waals surface area contributed by atoms with Gasteiger partial charge in [0.2, 0.25) is 5.90 Å². The van der Waals surface area contributed by atoms with Crippen LogP contribution in [0.3, 0.4) is 0 Å².